The summed E-state index contributed by atoms with van der Waals surface area (Å²) >= 11 is 5.22. The summed E-state index contributed by atoms with van der Waals surface area (Å²) in [5.74, 6) is 0. The molecule has 1 unspecified atom stereocenters. The van der Waals surface area contributed by atoms with Crippen molar-refractivity contribution in [2.75, 3.05) is 19.7 Å². The van der Waals surface area contributed by atoms with E-state index in [0.717, 1.165) is 0 Å². The summed E-state index contributed by atoms with van der Waals surface area (Å²) in [5.41, 5.74) is 1.40. The van der Waals surface area contributed by atoms with Gasteiger partial charge in [-0.25, -0.2) is 0 Å². The van der Waals surface area contributed by atoms with Crippen LogP contribution in [-0.4, -0.2) is 36.0 Å². The summed E-state index contributed by atoms with van der Waals surface area (Å²) in [6.07, 6.45) is 1.04. The highest BCUT2D eigenvalue weighted by atomic mass is 35.5. The van der Waals surface area contributed by atoms with Crippen molar-refractivity contribution in [3.8, 4) is 0 Å². The number of hydrogen-bond donors (Lipinski definition) is 3. The van der Waals surface area contributed by atoms with Crippen molar-refractivity contribution in [3.63, 3.8) is 0 Å². The first-order valence-corrected chi connectivity index (χ1v) is 3.49. The standard InChI is InChI=1S/C6H12ClNO2/c7-2-1-3-8-4-6(10)5-9/h1-2,6,8-10H,3-5H2/b2-1+. The van der Waals surface area contributed by atoms with E-state index in [1.165, 1.54) is 5.54 Å². The van der Waals surface area contributed by atoms with Gasteiger partial charge in [-0.1, -0.05) is 17.7 Å². The summed E-state index contributed by atoms with van der Waals surface area (Å²) < 4.78 is 0. The molecule has 0 aromatic rings. The predicted octanol–water partition coefficient (Wildman–Crippen LogP) is -0.318. The summed E-state index contributed by atoms with van der Waals surface area (Å²) in [6, 6.07) is 0. The Labute approximate surface area is 65.3 Å². The topological polar surface area (TPSA) is 52.5 Å². The molecule has 3 nitrogen and oxygen atoms in total. The number of nitrogens with one attached hydrogen (secondary N) is 1. The van der Waals surface area contributed by atoms with Gasteiger partial charge in [0.25, 0.3) is 0 Å². The molecule has 0 heterocycles. The maximum absolute atomic E-state index is 8.79. The van der Waals surface area contributed by atoms with Crippen LogP contribution in [0.5, 0.6) is 0 Å². The normalized spacial score (nSPS) is 14.3. The van der Waals surface area contributed by atoms with Gasteiger partial charge in [-0.2, -0.15) is 0 Å². The van der Waals surface area contributed by atoms with Gasteiger partial charge in [-0.15, -0.1) is 0 Å². The Morgan fingerprint density at radius 2 is 2.30 bits per heavy atom. The zero-order valence-corrected chi connectivity index (χ0v) is 6.38. The van der Waals surface area contributed by atoms with Crippen LogP contribution >= 0.6 is 11.6 Å². The van der Waals surface area contributed by atoms with E-state index < -0.39 is 6.10 Å². The second kappa shape index (κ2) is 7.02. The summed E-state index contributed by atoms with van der Waals surface area (Å²) in [5, 5.41) is 20.0. The average Bonchev–Trinajstić information content (AvgIpc) is 1.98. The van der Waals surface area contributed by atoms with Crippen molar-refractivity contribution in [2.24, 2.45) is 0 Å². The molecule has 0 aromatic carbocycles. The Balaban J connectivity index is 3.03. The Morgan fingerprint density at radius 1 is 1.60 bits per heavy atom. The second-order valence-electron chi connectivity index (χ2n) is 1.86. The number of halogens is 1. The zero-order valence-electron chi connectivity index (χ0n) is 5.63. The molecule has 1 atom stereocenters. The molecule has 0 saturated heterocycles. The van der Waals surface area contributed by atoms with Crippen molar-refractivity contribution >= 4 is 11.6 Å². The largest absolute Gasteiger partial charge is 0.394 e. The van der Waals surface area contributed by atoms with Crippen LogP contribution in [0.25, 0.3) is 0 Å². The fourth-order valence-electron chi connectivity index (χ4n) is 0.442. The molecule has 0 spiro atoms. The minimum atomic E-state index is -0.677. The first-order chi connectivity index (χ1) is 4.81. The predicted molar refractivity (Wildman–Crippen MR) is 41.0 cm³/mol. The summed E-state index contributed by atoms with van der Waals surface area (Å²) in [6.45, 7) is 0.788. The lowest BCUT2D eigenvalue weighted by molar-refractivity contribution is 0.0953. The number of aliphatic hydroxyl groups excluding tert-OH is 2. The molecule has 4 heteroatoms. The van der Waals surface area contributed by atoms with Crippen molar-refractivity contribution in [1.29, 1.82) is 0 Å². The van der Waals surface area contributed by atoms with E-state index in [1.54, 1.807) is 6.08 Å². The summed E-state index contributed by atoms with van der Waals surface area (Å²) in [4.78, 5) is 0. The van der Waals surface area contributed by atoms with Gasteiger partial charge in [0.15, 0.2) is 0 Å². The highest BCUT2D eigenvalue weighted by Crippen LogP contribution is 1.78. The molecule has 0 aliphatic carbocycles. The third kappa shape index (κ3) is 6.04. The van der Waals surface area contributed by atoms with E-state index in [0.29, 0.717) is 13.1 Å². The molecule has 0 radical (unpaired) electrons. The van der Waals surface area contributed by atoms with Crippen LogP contribution in [0.3, 0.4) is 0 Å². The van der Waals surface area contributed by atoms with Crippen LogP contribution in [0.15, 0.2) is 11.6 Å². The number of rotatable bonds is 5. The molecule has 3 N–H and O–H groups in total. The van der Waals surface area contributed by atoms with Crippen LogP contribution in [-0.2, 0) is 0 Å². The lowest BCUT2D eigenvalue weighted by atomic mass is 10.4. The fourth-order valence-corrected chi connectivity index (χ4v) is 0.531. The van der Waals surface area contributed by atoms with E-state index >= 15 is 0 Å². The van der Waals surface area contributed by atoms with E-state index in [9.17, 15) is 0 Å². The maximum atomic E-state index is 8.79. The monoisotopic (exact) mass is 165 g/mol. The molecule has 10 heavy (non-hydrogen) atoms. The fraction of sp³-hybridized carbons (Fsp3) is 0.667. The number of aliphatic hydroxyl groups is 2. The van der Waals surface area contributed by atoms with Crippen LogP contribution in [0.1, 0.15) is 0 Å². The van der Waals surface area contributed by atoms with E-state index in [1.807, 2.05) is 0 Å². The quantitative estimate of drug-likeness (QED) is 0.490. The molecule has 0 aliphatic rings. The van der Waals surface area contributed by atoms with Crippen molar-refractivity contribution < 1.29 is 10.2 Å². The SMILES string of the molecule is OCC(O)CNC/C=C/Cl. The highest BCUT2D eigenvalue weighted by molar-refractivity contribution is 6.25. The van der Waals surface area contributed by atoms with Gasteiger partial charge >= 0.3 is 0 Å². The second-order valence-corrected chi connectivity index (χ2v) is 2.11. The van der Waals surface area contributed by atoms with E-state index in [-0.39, 0.29) is 6.61 Å². The van der Waals surface area contributed by atoms with Crippen molar-refractivity contribution in [2.45, 2.75) is 6.10 Å². The van der Waals surface area contributed by atoms with Gasteiger partial charge in [0.05, 0.1) is 12.7 Å². The van der Waals surface area contributed by atoms with E-state index in [2.05, 4.69) is 5.32 Å². The van der Waals surface area contributed by atoms with E-state index in [4.69, 9.17) is 21.8 Å². The van der Waals surface area contributed by atoms with Gasteiger partial charge in [0.1, 0.15) is 0 Å². The van der Waals surface area contributed by atoms with Crippen molar-refractivity contribution in [1.82, 2.24) is 5.32 Å². The minimum Gasteiger partial charge on any atom is -0.394 e. The van der Waals surface area contributed by atoms with Gasteiger partial charge in [-0.05, 0) is 0 Å². The lowest BCUT2D eigenvalue weighted by Crippen LogP contribution is -2.29. The van der Waals surface area contributed by atoms with Crippen molar-refractivity contribution in [3.05, 3.63) is 11.6 Å². The Bertz CT molecular complexity index is 97.7. The zero-order chi connectivity index (χ0) is 7.82. The summed E-state index contributed by atoms with van der Waals surface area (Å²) in [7, 11) is 0. The van der Waals surface area contributed by atoms with Gasteiger partial charge in [0.2, 0.25) is 0 Å². The molecule has 0 amide bonds. The van der Waals surface area contributed by atoms with Crippen LogP contribution < -0.4 is 5.32 Å². The maximum Gasteiger partial charge on any atom is 0.0895 e. The van der Waals surface area contributed by atoms with Crippen LogP contribution in [0.4, 0.5) is 0 Å². The Morgan fingerprint density at radius 3 is 2.80 bits per heavy atom. The van der Waals surface area contributed by atoms with Gasteiger partial charge in [0, 0.05) is 18.6 Å². The van der Waals surface area contributed by atoms with Crippen LogP contribution in [0, 0.1) is 0 Å². The molecular weight excluding hydrogens is 154 g/mol. The van der Waals surface area contributed by atoms with Crippen LogP contribution in [0.2, 0.25) is 0 Å². The highest BCUT2D eigenvalue weighted by Gasteiger charge is 1.97. The molecule has 0 aromatic heterocycles. The minimum absolute atomic E-state index is 0.211. The Kier molecular flexibility index (Phi) is 6.96. The smallest absolute Gasteiger partial charge is 0.0895 e. The van der Waals surface area contributed by atoms with Gasteiger partial charge < -0.3 is 15.5 Å². The third-order valence-corrected chi connectivity index (χ3v) is 1.12. The molecule has 0 bridgehead atoms. The van der Waals surface area contributed by atoms with Gasteiger partial charge in [-0.3, -0.25) is 0 Å². The lowest BCUT2D eigenvalue weighted by Gasteiger charge is -2.05. The molecular formula is C6H12ClNO2. The third-order valence-electron chi connectivity index (χ3n) is 0.942. The molecule has 0 saturated carbocycles. The first-order valence-electron chi connectivity index (χ1n) is 3.06. The molecule has 0 fully saturated rings. The first kappa shape index (κ1) is 9.91. The molecule has 60 valence electrons. The number of hydrogen-bond acceptors (Lipinski definition) is 3. The molecule has 0 rings (SSSR count). The molecule has 0 aliphatic heterocycles. The Hall–Kier alpha value is -0.0900. The average molecular weight is 166 g/mol.